The number of hydrogen-bond acceptors (Lipinski definition) is 3. The molecule has 1 aromatic heterocycles. The van der Waals surface area contributed by atoms with Crippen LogP contribution in [0.15, 0.2) is 6.20 Å². The largest absolute Gasteiger partial charge is 0.349 e. The van der Waals surface area contributed by atoms with Crippen molar-refractivity contribution < 1.29 is 4.79 Å². The van der Waals surface area contributed by atoms with Crippen molar-refractivity contribution in [2.24, 2.45) is 18.7 Å². The Labute approximate surface area is 114 Å². The fourth-order valence-corrected chi connectivity index (χ4v) is 2.48. The minimum Gasteiger partial charge on any atom is -0.349 e. The average Bonchev–Trinajstić information content (AvgIpc) is 2.87. The number of aryl methyl sites for hydroxylation is 1. The topological polar surface area (TPSA) is 72.9 Å². The first-order valence-electron chi connectivity index (χ1n) is 6.13. The lowest BCUT2D eigenvalue weighted by atomic mass is 10.0. The van der Waals surface area contributed by atoms with Gasteiger partial charge in [-0.3, -0.25) is 9.48 Å². The normalized spacial score (nSPS) is 22.6. The molecule has 18 heavy (non-hydrogen) atoms. The van der Waals surface area contributed by atoms with Gasteiger partial charge < -0.3 is 11.1 Å². The van der Waals surface area contributed by atoms with Crippen LogP contribution in [-0.4, -0.2) is 28.3 Å². The second-order valence-corrected chi connectivity index (χ2v) is 4.77. The van der Waals surface area contributed by atoms with E-state index in [0.29, 0.717) is 18.0 Å². The van der Waals surface area contributed by atoms with Crippen LogP contribution in [0.25, 0.3) is 0 Å². The predicted molar refractivity (Wildman–Crippen MR) is 72.8 cm³/mol. The molecule has 0 spiro atoms. The van der Waals surface area contributed by atoms with Gasteiger partial charge in [0.25, 0.3) is 5.91 Å². The Morgan fingerprint density at radius 3 is 2.89 bits per heavy atom. The summed E-state index contributed by atoms with van der Waals surface area (Å²) in [6.07, 6.45) is 4.93. The van der Waals surface area contributed by atoms with Crippen molar-refractivity contribution in [3.8, 4) is 0 Å². The van der Waals surface area contributed by atoms with E-state index in [1.807, 2.05) is 14.0 Å². The molecule has 1 heterocycles. The quantitative estimate of drug-likeness (QED) is 0.862. The van der Waals surface area contributed by atoms with E-state index in [1.54, 1.807) is 10.9 Å². The summed E-state index contributed by atoms with van der Waals surface area (Å²) in [5.41, 5.74) is 7.26. The Balaban J connectivity index is 0.00000162. The third-order valence-corrected chi connectivity index (χ3v) is 3.76. The summed E-state index contributed by atoms with van der Waals surface area (Å²) in [4.78, 5) is 12.1. The van der Waals surface area contributed by atoms with Crippen LogP contribution in [0.3, 0.4) is 0 Å². The van der Waals surface area contributed by atoms with Gasteiger partial charge in [-0.15, -0.1) is 12.4 Å². The van der Waals surface area contributed by atoms with Gasteiger partial charge in [-0.1, -0.05) is 6.42 Å². The minimum atomic E-state index is -0.0269. The van der Waals surface area contributed by atoms with Crippen molar-refractivity contribution in [1.29, 1.82) is 0 Å². The minimum absolute atomic E-state index is 0. The zero-order valence-corrected chi connectivity index (χ0v) is 11.7. The molecule has 1 aromatic rings. The van der Waals surface area contributed by atoms with Gasteiger partial charge in [0.05, 0.1) is 11.8 Å². The summed E-state index contributed by atoms with van der Waals surface area (Å²) in [7, 11) is 1.84. The second kappa shape index (κ2) is 6.20. The molecule has 0 saturated heterocycles. The van der Waals surface area contributed by atoms with Crippen LogP contribution < -0.4 is 11.1 Å². The maximum atomic E-state index is 12.1. The number of aromatic nitrogens is 2. The zero-order chi connectivity index (χ0) is 12.4. The highest BCUT2D eigenvalue weighted by Gasteiger charge is 2.28. The SMILES string of the molecule is Cc1c(C(=O)NC2CCCC2CN)cnn1C.Cl. The smallest absolute Gasteiger partial charge is 0.254 e. The summed E-state index contributed by atoms with van der Waals surface area (Å²) in [6.45, 7) is 2.55. The first-order chi connectivity index (χ1) is 8.13. The highest BCUT2D eigenvalue weighted by atomic mass is 35.5. The van der Waals surface area contributed by atoms with Crippen LogP contribution in [0, 0.1) is 12.8 Å². The molecule has 1 aliphatic carbocycles. The Morgan fingerprint density at radius 1 is 1.61 bits per heavy atom. The predicted octanol–water partition coefficient (Wildman–Crippen LogP) is 1.01. The van der Waals surface area contributed by atoms with E-state index in [2.05, 4.69) is 10.4 Å². The number of carbonyl (C=O) groups excluding carboxylic acids is 1. The zero-order valence-electron chi connectivity index (χ0n) is 10.8. The van der Waals surface area contributed by atoms with Gasteiger partial charge in [0, 0.05) is 18.8 Å². The van der Waals surface area contributed by atoms with Crippen LogP contribution in [0.5, 0.6) is 0 Å². The molecule has 0 radical (unpaired) electrons. The lowest BCUT2D eigenvalue weighted by Gasteiger charge is -2.19. The monoisotopic (exact) mass is 272 g/mol. The van der Waals surface area contributed by atoms with E-state index in [1.165, 1.54) is 0 Å². The summed E-state index contributed by atoms with van der Waals surface area (Å²) < 4.78 is 1.71. The van der Waals surface area contributed by atoms with Crippen LogP contribution in [-0.2, 0) is 7.05 Å². The lowest BCUT2D eigenvalue weighted by molar-refractivity contribution is 0.0928. The molecule has 6 heteroatoms. The third kappa shape index (κ3) is 2.84. The second-order valence-electron chi connectivity index (χ2n) is 4.77. The Kier molecular flexibility index (Phi) is 5.16. The molecule has 1 aliphatic rings. The number of halogens is 1. The summed E-state index contributed by atoms with van der Waals surface area (Å²) >= 11 is 0. The van der Waals surface area contributed by atoms with E-state index in [-0.39, 0.29) is 24.4 Å². The number of rotatable bonds is 3. The molecule has 1 fully saturated rings. The first kappa shape index (κ1) is 15.0. The highest BCUT2D eigenvalue weighted by molar-refractivity contribution is 5.95. The summed E-state index contributed by atoms with van der Waals surface area (Å²) in [5.74, 6) is 0.400. The summed E-state index contributed by atoms with van der Waals surface area (Å²) in [5, 5.41) is 7.16. The molecule has 5 nitrogen and oxygen atoms in total. The van der Waals surface area contributed by atoms with Crippen LogP contribution in [0.4, 0.5) is 0 Å². The van der Waals surface area contributed by atoms with E-state index in [9.17, 15) is 4.79 Å². The molecule has 1 amide bonds. The standard InChI is InChI=1S/C12H20N4O.ClH/c1-8-10(7-14-16(8)2)12(17)15-11-5-3-4-9(11)6-13;/h7,9,11H,3-6,13H2,1-2H3,(H,15,17);1H. The average molecular weight is 273 g/mol. The van der Waals surface area contributed by atoms with E-state index < -0.39 is 0 Å². The molecule has 0 bridgehead atoms. The van der Waals surface area contributed by atoms with E-state index >= 15 is 0 Å². The molecule has 3 N–H and O–H groups in total. The maximum absolute atomic E-state index is 12.1. The molecule has 2 unspecified atom stereocenters. The van der Waals surface area contributed by atoms with Gasteiger partial charge in [-0.05, 0) is 32.2 Å². The van der Waals surface area contributed by atoms with Crippen molar-refractivity contribution in [2.75, 3.05) is 6.54 Å². The van der Waals surface area contributed by atoms with Gasteiger partial charge in [-0.2, -0.15) is 5.10 Å². The molecular formula is C12H21ClN4O. The van der Waals surface area contributed by atoms with Gasteiger partial charge in [0.1, 0.15) is 0 Å². The van der Waals surface area contributed by atoms with Crippen LogP contribution in [0.1, 0.15) is 35.3 Å². The fourth-order valence-electron chi connectivity index (χ4n) is 2.48. The van der Waals surface area contributed by atoms with E-state index in [4.69, 9.17) is 5.73 Å². The maximum Gasteiger partial charge on any atom is 0.254 e. The highest BCUT2D eigenvalue weighted by Crippen LogP contribution is 2.25. The van der Waals surface area contributed by atoms with Crippen molar-refractivity contribution >= 4 is 18.3 Å². The van der Waals surface area contributed by atoms with Crippen molar-refractivity contribution in [2.45, 2.75) is 32.2 Å². The van der Waals surface area contributed by atoms with Crippen molar-refractivity contribution in [3.63, 3.8) is 0 Å². The summed E-state index contributed by atoms with van der Waals surface area (Å²) in [6, 6.07) is 0.229. The van der Waals surface area contributed by atoms with Crippen LogP contribution in [0.2, 0.25) is 0 Å². The third-order valence-electron chi connectivity index (χ3n) is 3.76. The Morgan fingerprint density at radius 2 is 2.33 bits per heavy atom. The number of nitrogens with zero attached hydrogens (tertiary/aromatic N) is 2. The van der Waals surface area contributed by atoms with Gasteiger partial charge >= 0.3 is 0 Å². The Hall–Kier alpha value is -1.07. The number of nitrogens with two attached hydrogens (primary N) is 1. The molecule has 2 atom stereocenters. The van der Waals surface area contributed by atoms with Crippen LogP contribution >= 0.6 is 12.4 Å². The Bertz CT molecular complexity index is 418. The fraction of sp³-hybridized carbons (Fsp3) is 0.667. The van der Waals surface area contributed by atoms with Crippen molar-refractivity contribution in [3.05, 3.63) is 17.5 Å². The van der Waals surface area contributed by atoms with Crippen molar-refractivity contribution in [1.82, 2.24) is 15.1 Å². The number of nitrogens with one attached hydrogen (secondary N) is 1. The molecular weight excluding hydrogens is 252 g/mol. The lowest BCUT2D eigenvalue weighted by Crippen LogP contribution is -2.40. The number of carbonyl (C=O) groups is 1. The molecule has 1 saturated carbocycles. The molecule has 0 aliphatic heterocycles. The van der Waals surface area contributed by atoms with Gasteiger partial charge in [-0.25, -0.2) is 0 Å². The van der Waals surface area contributed by atoms with E-state index in [0.717, 1.165) is 25.0 Å². The molecule has 0 aromatic carbocycles. The first-order valence-corrected chi connectivity index (χ1v) is 6.13. The van der Waals surface area contributed by atoms with Gasteiger partial charge in [0.15, 0.2) is 0 Å². The molecule has 102 valence electrons. The van der Waals surface area contributed by atoms with Gasteiger partial charge in [0.2, 0.25) is 0 Å². The molecule has 2 rings (SSSR count). The number of amides is 1. The number of hydrogen-bond donors (Lipinski definition) is 2.